The Bertz CT molecular complexity index is 491. The molecule has 2 saturated heterocycles. The van der Waals surface area contributed by atoms with E-state index in [1.54, 1.807) is 4.90 Å². The highest BCUT2D eigenvalue weighted by molar-refractivity contribution is 5.51. The molecule has 0 aromatic carbocycles. The van der Waals surface area contributed by atoms with E-state index in [-0.39, 0.29) is 5.82 Å². The Balaban J connectivity index is 1.64. The van der Waals surface area contributed by atoms with Crippen LogP contribution in [0.15, 0.2) is 18.3 Å². The number of anilines is 1. The predicted molar refractivity (Wildman–Crippen MR) is 74.3 cm³/mol. The first-order valence-corrected chi connectivity index (χ1v) is 7.15. The van der Waals surface area contributed by atoms with Gasteiger partial charge in [-0.2, -0.15) is 13.2 Å². The van der Waals surface area contributed by atoms with Gasteiger partial charge in [0.05, 0.1) is 5.56 Å². The minimum atomic E-state index is -4.34. The summed E-state index contributed by atoms with van der Waals surface area (Å²) >= 11 is 0. The number of hydrogen-bond acceptors (Lipinski definition) is 4. The molecule has 1 aromatic rings. The summed E-state index contributed by atoms with van der Waals surface area (Å²) in [5.41, 5.74) is -0.637. The molecule has 2 aliphatic heterocycles. The molecule has 3 heterocycles. The van der Waals surface area contributed by atoms with Gasteiger partial charge >= 0.3 is 6.18 Å². The number of hydrogen-bond donors (Lipinski definition) is 0. The zero-order valence-corrected chi connectivity index (χ0v) is 12.0. The van der Waals surface area contributed by atoms with Gasteiger partial charge in [-0.15, -0.1) is 0 Å². The molecule has 0 bridgehead atoms. The Kier molecular flexibility index (Phi) is 3.79. The van der Waals surface area contributed by atoms with Gasteiger partial charge < -0.3 is 9.80 Å². The highest BCUT2D eigenvalue weighted by Gasteiger charge is 2.40. The van der Waals surface area contributed by atoms with E-state index < -0.39 is 11.7 Å². The summed E-state index contributed by atoms with van der Waals surface area (Å²) in [4.78, 5) is 10.3. The van der Waals surface area contributed by atoms with Crippen LogP contribution in [-0.2, 0) is 6.18 Å². The summed E-state index contributed by atoms with van der Waals surface area (Å²) in [6.07, 6.45) is -2.92. The maximum absolute atomic E-state index is 13.0. The van der Waals surface area contributed by atoms with Gasteiger partial charge in [0.25, 0.3) is 0 Å². The molecule has 116 valence electrons. The topological polar surface area (TPSA) is 22.6 Å². The van der Waals surface area contributed by atoms with Gasteiger partial charge in [0.1, 0.15) is 5.82 Å². The molecule has 21 heavy (non-hydrogen) atoms. The standard InChI is InChI=1S/C14H19F3N4/c1-19-5-7-20(8-6-19)11-9-21(10-11)13-12(14(15,16)17)3-2-4-18-13/h2-4,11H,5-10H2,1H3. The van der Waals surface area contributed by atoms with Crippen molar-refractivity contribution in [2.24, 2.45) is 0 Å². The van der Waals surface area contributed by atoms with Gasteiger partial charge in [0, 0.05) is 51.5 Å². The highest BCUT2D eigenvalue weighted by Crippen LogP contribution is 2.37. The number of aromatic nitrogens is 1. The first-order valence-electron chi connectivity index (χ1n) is 7.15. The second kappa shape index (κ2) is 5.46. The minimum absolute atomic E-state index is 0.0652. The first-order chi connectivity index (χ1) is 9.95. The van der Waals surface area contributed by atoms with Crippen molar-refractivity contribution in [1.82, 2.24) is 14.8 Å². The average Bonchev–Trinajstić information content (AvgIpc) is 2.39. The van der Waals surface area contributed by atoms with Gasteiger partial charge in [-0.05, 0) is 19.2 Å². The van der Waals surface area contributed by atoms with Crippen LogP contribution in [0.1, 0.15) is 5.56 Å². The third kappa shape index (κ3) is 2.98. The summed E-state index contributed by atoms with van der Waals surface area (Å²) in [6, 6.07) is 2.79. The molecule has 0 radical (unpaired) electrons. The third-order valence-corrected chi connectivity index (χ3v) is 4.31. The maximum atomic E-state index is 13.0. The van der Waals surface area contributed by atoms with E-state index >= 15 is 0 Å². The van der Waals surface area contributed by atoms with Crippen LogP contribution in [0.3, 0.4) is 0 Å². The molecule has 3 rings (SSSR count). The highest BCUT2D eigenvalue weighted by atomic mass is 19.4. The lowest BCUT2D eigenvalue weighted by Crippen LogP contribution is -2.63. The van der Waals surface area contributed by atoms with Crippen LogP contribution in [0.5, 0.6) is 0 Å². The Morgan fingerprint density at radius 1 is 1.14 bits per heavy atom. The van der Waals surface area contributed by atoms with Crippen molar-refractivity contribution in [3.05, 3.63) is 23.9 Å². The van der Waals surface area contributed by atoms with E-state index in [1.165, 1.54) is 12.3 Å². The monoisotopic (exact) mass is 300 g/mol. The largest absolute Gasteiger partial charge is 0.419 e. The number of alkyl halides is 3. The molecule has 2 aliphatic rings. The fourth-order valence-electron chi connectivity index (χ4n) is 2.92. The quantitative estimate of drug-likeness (QED) is 0.826. The van der Waals surface area contributed by atoms with Crippen LogP contribution >= 0.6 is 0 Å². The Morgan fingerprint density at radius 3 is 2.43 bits per heavy atom. The van der Waals surface area contributed by atoms with Gasteiger partial charge in [-0.1, -0.05) is 0 Å². The van der Waals surface area contributed by atoms with E-state index in [2.05, 4.69) is 21.8 Å². The maximum Gasteiger partial charge on any atom is 0.419 e. The second-order valence-electron chi connectivity index (χ2n) is 5.77. The lowest BCUT2D eigenvalue weighted by Gasteiger charge is -2.48. The molecule has 0 amide bonds. The smallest absolute Gasteiger partial charge is 0.353 e. The summed E-state index contributed by atoms with van der Waals surface area (Å²) in [7, 11) is 2.09. The van der Waals surface area contributed by atoms with E-state index in [0.717, 1.165) is 32.2 Å². The average molecular weight is 300 g/mol. The number of rotatable bonds is 2. The molecule has 1 aromatic heterocycles. The lowest BCUT2D eigenvalue weighted by atomic mass is 10.0. The van der Waals surface area contributed by atoms with Crippen LogP contribution < -0.4 is 4.90 Å². The van der Waals surface area contributed by atoms with E-state index in [0.29, 0.717) is 19.1 Å². The van der Waals surface area contributed by atoms with Gasteiger partial charge in [0.2, 0.25) is 0 Å². The van der Waals surface area contributed by atoms with E-state index in [9.17, 15) is 13.2 Å². The fraction of sp³-hybridized carbons (Fsp3) is 0.643. The molecule has 4 nitrogen and oxygen atoms in total. The summed E-state index contributed by atoms with van der Waals surface area (Å²) < 4.78 is 38.9. The van der Waals surface area contributed by atoms with E-state index in [1.807, 2.05) is 0 Å². The first kappa shape index (κ1) is 14.6. The van der Waals surface area contributed by atoms with Crippen molar-refractivity contribution in [2.45, 2.75) is 12.2 Å². The number of pyridine rings is 1. The normalized spacial score (nSPS) is 22.4. The number of halogens is 3. The van der Waals surface area contributed by atoms with Gasteiger partial charge in [0.15, 0.2) is 0 Å². The molecule has 0 N–H and O–H groups in total. The molecule has 0 aliphatic carbocycles. The lowest BCUT2D eigenvalue weighted by molar-refractivity contribution is -0.137. The Morgan fingerprint density at radius 2 is 1.81 bits per heavy atom. The molecular formula is C14H19F3N4. The number of piperazine rings is 1. The Labute approximate surface area is 122 Å². The number of nitrogens with zero attached hydrogens (tertiary/aromatic N) is 4. The van der Waals surface area contributed by atoms with Crippen molar-refractivity contribution in [3.8, 4) is 0 Å². The molecule has 0 unspecified atom stereocenters. The molecule has 0 atom stereocenters. The predicted octanol–water partition coefficient (Wildman–Crippen LogP) is 1.54. The van der Waals surface area contributed by atoms with Crippen molar-refractivity contribution in [2.75, 3.05) is 51.2 Å². The van der Waals surface area contributed by atoms with Gasteiger partial charge in [-0.3, -0.25) is 4.90 Å². The van der Waals surface area contributed by atoms with Gasteiger partial charge in [-0.25, -0.2) is 4.98 Å². The zero-order valence-electron chi connectivity index (χ0n) is 12.0. The molecule has 2 fully saturated rings. The number of likely N-dealkylation sites (N-methyl/N-ethyl adjacent to an activating group) is 1. The van der Waals surface area contributed by atoms with Crippen molar-refractivity contribution < 1.29 is 13.2 Å². The molecule has 0 spiro atoms. The van der Waals surface area contributed by atoms with Crippen molar-refractivity contribution in [3.63, 3.8) is 0 Å². The summed E-state index contributed by atoms with van der Waals surface area (Å²) in [5.74, 6) is 0.0652. The van der Waals surface area contributed by atoms with Crippen LogP contribution in [0.2, 0.25) is 0 Å². The fourth-order valence-corrected chi connectivity index (χ4v) is 2.92. The summed E-state index contributed by atoms with van der Waals surface area (Å²) in [6.45, 7) is 5.28. The SMILES string of the molecule is CN1CCN(C2CN(c3ncccc3C(F)(F)F)C2)CC1. The third-order valence-electron chi connectivity index (χ3n) is 4.31. The summed E-state index contributed by atoms with van der Waals surface area (Å²) in [5, 5.41) is 0. The van der Waals surface area contributed by atoms with Crippen LogP contribution in [0, 0.1) is 0 Å². The zero-order chi connectivity index (χ0) is 15.0. The van der Waals surface area contributed by atoms with Crippen LogP contribution in [0.4, 0.5) is 19.0 Å². The van der Waals surface area contributed by atoms with Crippen LogP contribution in [-0.4, -0.2) is 67.1 Å². The second-order valence-corrected chi connectivity index (χ2v) is 5.77. The van der Waals surface area contributed by atoms with Crippen LogP contribution in [0.25, 0.3) is 0 Å². The van der Waals surface area contributed by atoms with E-state index in [4.69, 9.17) is 0 Å². The Hall–Kier alpha value is -1.34. The van der Waals surface area contributed by atoms with Crippen molar-refractivity contribution in [1.29, 1.82) is 0 Å². The minimum Gasteiger partial charge on any atom is -0.353 e. The van der Waals surface area contributed by atoms with Crippen molar-refractivity contribution >= 4 is 5.82 Å². The molecule has 0 saturated carbocycles. The molecular weight excluding hydrogens is 281 g/mol. The molecule has 7 heteroatoms.